The summed E-state index contributed by atoms with van der Waals surface area (Å²) in [6.45, 7) is 12.4. The molecule has 1 saturated heterocycles. The average molecular weight is 358 g/mol. The molecule has 0 bridgehead atoms. The van der Waals surface area contributed by atoms with E-state index in [1.165, 1.54) is 0 Å². The molecule has 1 fully saturated rings. The molecule has 1 N–H and O–H groups in total. The van der Waals surface area contributed by atoms with Crippen LogP contribution in [0.3, 0.4) is 0 Å². The Labute approximate surface area is 155 Å². The van der Waals surface area contributed by atoms with Crippen LogP contribution in [0.5, 0.6) is 0 Å². The van der Waals surface area contributed by atoms with Crippen molar-refractivity contribution in [3.63, 3.8) is 0 Å². The van der Waals surface area contributed by atoms with Crippen molar-refractivity contribution < 1.29 is 4.79 Å². The van der Waals surface area contributed by atoms with E-state index in [0.29, 0.717) is 5.92 Å². The van der Waals surface area contributed by atoms with Crippen molar-refractivity contribution >= 4 is 17.2 Å². The predicted molar refractivity (Wildman–Crippen MR) is 103 cm³/mol. The van der Waals surface area contributed by atoms with Crippen molar-refractivity contribution in [2.45, 2.75) is 33.7 Å². The van der Waals surface area contributed by atoms with Gasteiger partial charge in [0.2, 0.25) is 0 Å². The van der Waals surface area contributed by atoms with E-state index in [2.05, 4.69) is 38.6 Å². The Morgan fingerprint density at radius 2 is 2.00 bits per heavy atom. The Balaban J connectivity index is 1.45. The van der Waals surface area contributed by atoms with Crippen LogP contribution in [-0.2, 0) is 6.54 Å². The Hall–Kier alpha value is -2.15. The first-order valence-electron chi connectivity index (χ1n) is 9.57. The number of aryl methyl sites for hydroxylation is 1. The van der Waals surface area contributed by atoms with Gasteiger partial charge in [-0.3, -0.25) is 4.90 Å². The average Bonchev–Trinajstić information content (AvgIpc) is 2.95. The Bertz CT molecular complexity index is 733. The minimum atomic E-state index is 0.0750. The van der Waals surface area contributed by atoms with Crippen LogP contribution in [0.25, 0.3) is 11.2 Å². The third kappa shape index (κ3) is 4.52. The molecule has 0 unspecified atom stereocenters. The number of urea groups is 1. The van der Waals surface area contributed by atoms with Crippen molar-refractivity contribution in [3.8, 4) is 0 Å². The summed E-state index contributed by atoms with van der Waals surface area (Å²) >= 11 is 0. The van der Waals surface area contributed by atoms with Crippen LogP contribution in [0.4, 0.5) is 4.79 Å². The summed E-state index contributed by atoms with van der Waals surface area (Å²) < 4.78 is 2.18. The fraction of sp³-hybridized carbons (Fsp3) is 0.632. The first-order chi connectivity index (χ1) is 12.5. The second kappa shape index (κ2) is 8.49. The molecular weight excluding hydrogens is 328 g/mol. The molecule has 0 saturated carbocycles. The number of hydrogen-bond donors (Lipinski definition) is 1. The van der Waals surface area contributed by atoms with E-state index >= 15 is 0 Å². The van der Waals surface area contributed by atoms with Gasteiger partial charge in [-0.2, -0.15) is 0 Å². The lowest BCUT2D eigenvalue weighted by Gasteiger charge is -2.34. The summed E-state index contributed by atoms with van der Waals surface area (Å²) in [6, 6.07) is 4.00. The zero-order chi connectivity index (χ0) is 18.5. The lowest BCUT2D eigenvalue weighted by molar-refractivity contribution is 0.136. The fourth-order valence-electron chi connectivity index (χ4n) is 3.33. The molecule has 2 aromatic rings. The van der Waals surface area contributed by atoms with Gasteiger partial charge in [-0.25, -0.2) is 14.8 Å². The number of nitrogens with one attached hydrogen (secondary N) is 1. The number of fused-ring (bicyclic) bond motifs is 1. The molecule has 7 heteroatoms. The smallest absolute Gasteiger partial charge is 0.317 e. The van der Waals surface area contributed by atoms with E-state index in [9.17, 15) is 4.79 Å². The minimum Gasteiger partial charge on any atom is -0.338 e. The lowest BCUT2D eigenvalue weighted by Crippen LogP contribution is -2.52. The number of nitrogens with zero attached hydrogens (tertiary/aromatic N) is 5. The van der Waals surface area contributed by atoms with Gasteiger partial charge in [-0.15, -0.1) is 0 Å². The molecule has 2 amide bonds. The second-order valence-electron chi connectivity index (χ2n) is 7.40. The molecule has 0 spiro atoms. The highest BCUT2D eigenvalue weighted by molar-refractivity contribution is 5.74. The van der Waals surface area contributed by atoms with Gasteiger partial charge in [0.25, 0.3) is 0 Å². The maximum Gasteiger partial charge on any atom is 0.317 e. The Morgan fingerprint density at radius 3 is 2.73 bits per heavy atom. The Kier molecular flexibility index (Phi) is 6.08. The van der Waals surface area contributed by atoms with E-state index in [-0.39, 0.29) is 6.03 Å². The maximum absolute atomic E-state index is 12.2. The zero-order valence-corrected chi connectivity index (χ0v) is 16.1. The molecule has 2 aromatic heterocycles. The minimum absolute atomic E-state index is 0.0750. The van der Waals surface area contributed by atoms with Gasteiger partial charge >= 0.3 is 6.03 Å². The number of amides is 2. The van der Waals surface area contributed by atoms with Gasteiger partial charge < -0.3 is 14.8 Å². The molecule has 3 heterocycles. The normalized spacial score (nSPS) is 15.8. The SMILES string of the molecule is Cc1nc2cccnc2n1CCN1CCN(C(=O)NCCC(C)C)CC1. The zero-order valence-electron chi connectivity index (χ0n) is 16.1. The van der Waals surface area contributed by atoms with Gasteiger partial charge in [0.15, 0.2) is 5.65 Å². The molecule has 26 heavy (non-hydrogen) atoms. The van der Waals surface area contributed by atoms with Gasteiger partial charge in [0.05, 0.1) is 0 Å². The van der Waals surface area contributed by atoms with Crippen molar-refractivity contribution in [1.82, 2.24) is 29.7 Å². The van der Waals surface area contributed by atoms with Crippen LogP contribution in [0.15, 0.2) is 18.3 Å². The highest BCUT2D eigenvalue weighted by atomic mass is 16.2. The predicted octanol–water partition coefficient (Wildman–Crippen LogP) is 2.11. The molecule has 1 aliphatic rings. The van der Waals surface area contributed by atoms with Gasteiger partial charge in [-0.1, -0.05) is 13.8 Å². The van der Waals surface area contributed by atoms with Gasteiger partial charge in [0.1, 0.15) is 11.3 Å². The third-order valence-corrected chi connectivity index (χ3v) is 4.99. The standard InChI is InChI=1S/C19H30N6O/c1-15(2)6-8-21-19(26)24-12-9-23(10-13-24)11-14-25-16(3)22-17-5-4-7-20-18(17)25/h4-5,7,15H,6,8-14H2,1-3H3,(H,21,26). The van der Waals surface area contributed by atoms with Crippen molar-refractivity contribution in [3.05, 3.63) is 24.2 Å². The molecular formula is C19H30N6O. The number of carbonyl (C=O) groups is 1. The fourth-order valence-corrected chi connectivity index (χ4v) is 3.33. The van der Waals surface area contributed by atoms with Crippen molar-refractivity contribution in [1.29, 1.82) is 0 Å². The summed E-state index contributed by atoms with van der Waals surface area (Å²) in [6.07, 6.45) is 2.84. The van der Waals surface area contributed by atoms with E-state index < -0.39 is 0 Å². The topological polar surface area (TPSA) is 66.3 Å². The summed E-state index contributed by atoms with van der Waals surface area (Å²) in [5.41, 5.74) is 1.90. The number of carbonyl (C=O) groups excluding carboxylic acids is 1. The second-order valence-corrected chi connectivity index (χ2v) is 7.40. The molecule has 1 aliphatic heterocycles. The Morgan fingerprint density at radius 1 is 1.23 bits per heavy atom. The van der Waals surface area contributed by atoms with Crippen LogP contribution in [-0.4, -0.2) is 69.6 Å². The van der Waals surface area contributed by atoms with E-state index in [0.717, 1.165) is 69.2 Å². The van der Waals surface area contributed by atoms with Crippen molar-refractivity contribution in [2.24, 2.45) is 5.92 Å². The van der Waals surface area contributed by atoms with E-state index in [1.807, 2.05) is 30.2 Å². The number of rotatable bonds is 6. The summed E-state index contributed by atoms with van der Waals surface area (Å²) in [5.74, 6) is 1.62. The highest BCUT2D eigenvalue weighted by Crippen LogP contribution is 2.13. The first kappa shape index (κ1) is 18.6. The number of aromatic nitrogens is 3. The van der Waals surface area contributed by atoms with E-state index in [4.69, 9.17) is 0 Å². The monoisotopic (exact) mass is 358 g/mol. The van der Waals surface area contributed by atoms with E-state index in [1.54, 1.807) is 0 Å². The lowest BCUT2D eigenvalue weighted by atomic mass is 10.1. The van der Waals surface area contributed by atoms with Crippen LogP contribution < -0.4 is 5.32 Å². The number of pyridine rings is 1. The maximum atomic E-state index is 12.2. The summed E-state index contributed by atoms with van der Waals surface area (Å²) in [4.78, 5) is 25.6. The molecule has 0 aliphatic carbocycles. The molecule has 0 aromatic carbocycles. The quantitative estimate of drug-likeness (QED) is 0.859. The molecule has 0 radical (unpaired) electrons. The van der Waals surface area contributed by atoms with Crippen LogP contribution in [0.1, 0.15) is 26.1 Å². The summed E-state index contributed by atoms with van der Waals surface area (Å²) in [7, 11) is 0. The molecule has 0 atom stereocenters. The first-order valence-corrected chi connectivity index (χ1v) is 9.57. The van der Waals surface area contributed by atoms with Crippen molar-refractivity contribution in [2.75, 3.05) is 39.3 Å². The molecule has 3 rings (SSSR count). The van der Waals surface area contributed by atoms with Gasteiger partial charge in [0, 0.05) is 52.0 Å². The molecule has 142 valence electrons. The molecule has 7 nitrogen and oxygen atoms in total. The van der Waals surface area contributed by atoms with Crippen LogP contribution in [0, 0.1) is 12.8 Å². The number of imidazole rings is 1. The number of hydrogen-bond acceptors (Lipinski definition) is 4. The highest BCUT2D eigenvalue weighted by Gasteiger charge is 2.21. The van der Waals surface area contributed by atoms with Gasteiger partial charge in [-0.05, 0) is 31.4 Å². The van der Waals surface area contributed by atoms with Crippen LogP contribution in [0.2, 0.25) is 0 Å². The largest absolute Gasteiger partial charge is 0.338 e. The summed E-state index contributed by atoms with van der Waals surface area (Å²) in [5, 5.41) is 3.03. The third-order valence-electron chi connectivity index (χ3n) is 4.99. The number of piperazine rings is 1. The van der Waals surface area contributed by atoms with Crippen LogP contribution >= 0.6 is 0 Å².